The van der Waals surface area contributed by atoms with E-state index in [1.165, 1.54) is 5.56 Å². The number of hydrogen-bond acceptors (Lipinski definition) is 1. The van der Waals surface area contributed by atoms with Crippen LogP contribution in [0.15, 0.2) is 54.7 Å². The second kappa shape index (κ2) is 4.99. The molecule has 2 nitrogen and oxygen atoms in total. The number of rotatable bonds is 3. The zero-order chi connectivity index (χ0) is 13.1. The lowest BCUT2D eigenvalue weighted by molar-refractivity contribution is 0.983. The molecule has 1 aromatic carbocycles. The van der Waals surface area contributed by atoms with Gasteiger partial charge in [0.2, 0.25) is 0 Å². The standard InChI is InChI=1S/C17H14N2/c1-2-3-10-15-13-19-16(11-7-12-17(19)18-15)14-8-5-4-6-9-14/h1,4-9,11-13H,3,10H2. The summed E-state index contributed by atoms with van der Waals surface area (Å²) in [4.78, 5) is 4.60. The largest absolute Gasteiger partial charge is 0.299 e. The molecule has 0 unspecified atom stereocenters. The number of benzene rings is 1. The summed E-state index contributed by atoms with van der Waals surface area (Å²) in [6, 6.07) is 16.5. The third kappa shape index (κ3) is 2.23. The number of pyridine rings is 1. The highest BCUT2D eigenvalue weighted by molar-refractivity contribution is 5.63. The Morgan fingerprint density at radius 2 is 1.89 bits per heavy atom. The smallest absolute Gasteiger partial charge is 0.137 e. The van der Waals surface area contributed by atoms with Gasteiger partial charge >= 0.3 is 0 Å². The van der Waals surface area contributed by atoms with Gasteiger partial charge in [-0.15, -0.1) is 12.3 Å². The summed E-state index contributed by atoms with van der Waals surface area (Å²) >= 11 is 0. The normalized spacial score (nSPS) is 10.5. The molecule has 0 spiro atoms. The van der Waals surface area contributed by atoms with Crippen LogP contribution in [-0.4, -0.2) is 9.38 Å². The van der Waals surface area contributed by atoms with E-state index in [2.05, 4.69) is 39.7 Å². The van der Waals surface area contributed by atoms with E-state index in [9.17, 15) is 0 Å². The summed E-state index contributed by atoms with van der Waals surface area (Å²) in [5.41, 5.74) is 4.35. The molecule has 0 bridgehead atoms. The fourth-order valence-corrected chi connectivity index (χ4v) is 2.23. The van der Waals surface area contributed by atoms with Gasteiger partial charge in [-0.25, -0.2) is 4.98 Å². The molecule has 0 aliphatic carbocycles. The highest BCUT2D eigenvalue weighted by Crippen LogP contribution is 2.21. The van der Waals surface area contributed by atoms with Crippen molar-refractivity contribution in [2.24, 2.45) is 0 Å². The second-order valence-electron chi connectivity index (χ2n) is 4.44. The minimum Gasteiger partial charge on any atom is -0.299 e. The molecule has 0 fully saturated rings. The number of fused-ring (bicyclic) bond motifs is 1. The van der Waals surface area contributed by atoms with Gasteiger partial charge < -0.3 is 0 Å². The first kappa shape index (κ1) is 11.6. The van der Waals surface area contributed by atoms with E-state index in [-0.39, 0.29) is 0 Å². The second-order valence-corrected chi connectivity index (χ2v) is 4.44. The van der Waals surface area contributed by atoms with Crippen LogP contribution in [0.25, 0.3) is 16.9 Å². The molecule has 0 atom stereocenters. The molecule has 19 heavy (non-hydrogen) atoms. The zero-order valence-corrected chi connectivity index (χ0v) is 10.6. The Bertz CT molecular complexity index is 733. The van der Waals surface area contributed by atoms with Gasteiger partial charge in [-0.2, -0.15) is 0 Å². The first-order valence-electron chi connectivity index (χ1n) is 6.34. The first-order chi connectivity index (χ1) is 9.38. The van der Waals surface area contributed by atoms with Gasteiger partial charge in [-0.1, -0.05) is 36.4 Å². The predicted molar refractivity (Wildman–Crippen MR) is 77.8 cm³/mol. The molecule has 0 N–H and O–H groups in total. The molecule has 3 aromatic rings. The molecule has 0 saturated heterocycles. The molecule has 2 heteroatoms. The number of hydrogen-bond donors (Lipinski definition) is 0. The van der Waals surface area contributed by atoms with Crippen LogP contribution in [0.3, 0.4) is 0 Å². The maximum absolute atomic E-state index is 5.31. The average molecular weight is 246 g/mol. The monoisotopic (exact) mass is 246 g/mol. The van der Waals surface area contributed by atoms with Gasteiger partial charge in [0.1, 0.15) is 5.65 Å². The Kier molecular flexibility index (Phi) is 3.04. The number of imidazole rings is 1. The molecule has 0 aliphatic rings. The lowest BCUT2D eigenvalue weighted by atomic mass is 10.1. The van der Waals surface area contributed by atoms with E-state index >= 15 is 0 Å². The van der Waals surface area contributed by atoms with Crippen LogP contribution < -0.4 is 0 Å². The molecule has 92 valence electrons. The van der Waals surface area contributed by atoms with Gasteiger partial charge in [0.15, 0.2) is 0 Å². The van der Waals surface area contributed by atoms with Crippen LogP contribution in [-0.2, 0) is 6.42 Å². The molecule has 0 aliphatic heterocycles. The quantitative estimate of drug-likeness (QED) is 0.646. The van der Waals surface area contributed by atoms with Gasteiger partial charge in [0, 0.05) is 19.0 Å². The van der Waals surface area contributed by atoms with E-state index in [1.807, 2.05) is 30.3 Å². The maximum Gasteiger partial charge on any atom is 0.137 e. The van der Waals surface area contributed by atoms with E-state index in [1.54, 1.807) is 0 Å². The third-order valence-corrected chi connectivity index (χ3v) is 3.14. The van der Waals surface area contributed by atoms with Crippen LogP contribution in [0.2, 0.25) is 0 Å². The van der Waals surface area contributed by atoms with Crippen LogP contribution in [0.4, 0.5) is 0 Å². The van der Waals surface area contributed by atoms with Gasteiger partial charge in [0.05, 0.1) is 11.4 Å². The Hall–Kier alpha value is -2.53. The minimum absolute atomic E-state index is 0.727. The lowest BCUT2D eigenvalue weighted by Crippen LogP contribution is -1.89. The number of nitrogens with zero attached hydrogens (tertiary/aromatic N) is 2. The summed E-state index contributed by atoms with van der Waals surface area (Å²) in [5.74, 6) is 2.66. The Balaban J connectivity index is 2.11. The minimum atomic E-state index is 0.727. The number of aryl methyl sites for hydroxylation is 1. The third-order valence-electron chi connectivity index (χ3n) is 3.14. The number of terminal acetylenes is 1. The molecule has 0 radical (unpaired) electrons. The van der Waals surface area contributed by atoms with Crippen molar-refractivity contribution in [2.75, 3.05) is 0 Å². The Morgan fingerprint density at radius 1 is 1.05 bits per heavy atom. The summed E-state index contributed by atoms with van der Waals surface area (Å²) in [6.07, 6.45) is 8.94. The van der Waals surface area contributed by atoms with E-state index < -0.39 is 0 Å². The van der Waals surface area contributed by atoms with Gasteiger partial charge in [-0.05, 0) is 17.7 Å². The Labute approximate surface area is 112 Å². The molecular weight excluding hydrogens is 232 g/mol. The van der Waals surface area contributed by atoms with Crippen LogP contribution in [0.1, 0.15) is 12.1 Å². The van der Waals surface area contributed by atoms with Crippen molar-refractivity contribution in [1.82, 2.24) is 9.38 Å². The summed E-state index contributed by atoms with van der Waals surface area (Å²) < 4.78 is 2.13. The zero-order valence-electron chi connectivity index (χ0n) is 10.6. The van der Waals surface area contributed by atoms with Crippen molar-refractivity contribution >= 4 is 5.65 Å². The molecule has 2 heterocycles. The molecule has 0 saturated carbocycles. The molecular formula is C17H14N2. The van der Waals surface area contributed by atoms with Crippen molar-refractivity contribution in [2.45, 2.75) is 12.8 Å². The van der Waals surface area contributed by atoms with Crippen molar-refractivity contribution in [3.8, 4) is 23.6 Å². The average Bonchev–Trinajstić information content (AvgIpc) is 2.88. The van der Waals surface area contributed by atoms with Crippen molar-refractivity contribution < 1.29 is 0 Å². The lowest BCUT2D eigenvalue weighted by Gasteiger charge is -2.04. The predicted octanol–water partition coefficient (Wildman–Crippen LogP) is 3.57. The van der Waals surface area contributed by atoms with E-state index in [4.69, 9.17) is 6.42 Å². The van der Waals surface area contributed by atoms with E-state index in [0.29, 0.717) is 0 Å². The summed E-state index contributed by atoms with van der Waals surface area (Å²) in [6.45, 7) is 0. The fourth-order valence-electron chi connectivity index (χ4n) is 2.23. The van der Waals surface area contributed by atoms with E-state index in [0.717, 1.165) is 29.9 Å². The maximum atomic E-state index is 5.31. The van der Waals surface area contributed by atoms with Crippen LogP contribution in [0, 0.1) is 12.3 Å². The highest BCUT2D eigenvalue weighted by Gasteiger charge is 2.06. The van der Waals surface area contributed by atoms with Crippen molar-refractivity contribution in [3.05, 3.63) is 60.4 Å². The van der Waals surface area contributed by atoms with Crippen LogP contribution in [0.5, 0.6) is 0 Å². The van der Waals surface area contributed by atoms with Gasteiger partial charge in [0.25, 0.3) is 0 Å². The molecule has 0 amide bonds. The first-order valence-corrected chi connectivity index (χ1v) is 6.34. The summed E-state index contributed by atoms with van der Waals surface area (Å²) in [7, 11) is 0. The van der Waals surface area contributed by atoms with Gasteiger partial charge in [-0.3, -0.25) is 4.40 Å². The Morgan fingerprint density at radius 3 is 2.68 bits per heavy atom. The van der Waals surface area contributed by atoms with Crippen molar-refractivity contribution in [1.29, 1.82) is 0 Å². The van der Waals surface area contributed by atoms with Crippen molar-refractivity contribution in [3.63, 3.8) is 0 Å². The number of aromatic nitrogens is 2. The highest BCUT2D eigenvalue weighted by atomic mass is 15.0. The van der Waals surface area contributed by atoms with Crippen LogP contribution >= 0.6 is 0 Å². The molecule has 3 rings (SSSR count). The molecule has 2 aromatic heterocycles. The summed E-state index contributed by atoms with van der Waals surface area (Å²) in [5, 5.41) is 0. The fraction of sp³-hybridized carbons (Fsp3) is 0.118. The topological polar surface area (TPSA) is 17.3 Å². The SMILES string of the molecule is C#CCCc1cn2c(-c3ccccc3)cccc2n1.